The minimum atomic E-state index is -0.780. The molecule has 4 atom stereocenters. The summed E-state index contributed by atoms with van der Waals surface area (Å²) in [5.41, 5.74) is 0. The number of unbranched alkanes of at least 4 members (excludes halogenated alkanes) is 1. The Kier molecular flexibility index (Phi) is 17.6. The van der Waals surface area contributed by atoms with Crippen LogP contribution in [0.5, 0.6) is 0 Å². The molecule has 0 saturated carbocycles. The molecule has 15 heteroatoms. The van der Waals surface area contributed by atoms with E-state index < -0.39 is 17.9 Å². The van der Waals surface area contributed by atoms with Gasteiger partial charge in [-0.1, -0.05) is 6.42 Å². The number of hydrogen-bond donors (Lipinski definition) is 5. The number of fused-ring (bicyclic) bond motifs is 1. The number of amides is 5. The van der Waals surface area contributed by atoms with Crippen LogP contribution >= 0.6 is 11.8 Å². The van der Waals surface area contributed by atoms with Gasteiger partial charge in [0.2, 0.25) is 17.7 Å². The van der Waals surface area contributed by atoms with Crippen LogP contribution in [-0.4, -0.2) is 118 Å². The van der Waals surface area contributed by atoms with Gasteiger partial charge >= 0.3 is 12.0 Å². The summed E-state index contributed by atoms with van der Waals surface area (Å²) < 4.78 is 21.0. The predicted octanol–water partition coefficient (Wildman–Crippen LogP) is -0.382. The van der Waals surface area contributed by atoms with Gasteiger partial charge in [0.15, 0.2) is 0 Å². The van der Waals surface area contributed by atoms with Crippen molar-refractivity contribution < 1.29 is 42.9 Å². The van der Waals surface area contributed by atoms with Gasteiger partial charge in [-0.25, -0.2) is 9.59 Å². The Hall–Kier alpha value is -2.88. The summed E-state index contributed by atoms with van der Waals surface area (Å²) in [4.78, 5) is 58.3. The highest BCUT2D eigenvalue weighted by molar-refractivity contribution is 8.00. The number of esters is 1. The van der Waals surface area contributed by atoms with Crippen molar-refractivity contribution in [2.24, 2.45) is 0 Å². The summed E-state index contributed by atoms with van der Waals surface area (Å²) in [6.45, 7) is 6.31. The maximum atomic E-state index is 12.0. The van der Waals surface area contributed by atoms with Crippen molar-refractivity contribution in [3.8, 4) is 0 Å². The van der Waals surface area contributed by atoms with E-state index in [0.717, 1.165) is 37.2 Å². The summed E-state index contributed by atoms with van der Waals surface area (Å²) in [5.74, 6) is -0.627. The van der Waals surface area contributed by atoms with Gasteiger partial charge in [-0.3, -0.25) is 14.4 Å². The standard InChI is InChI=1S/C27H45N5O9S/c1-3-41-24(35)9-8-23(34)30-19(2)26(36)29-11-13-39-15-17-40-16-14-38-12-10-28-22(33)7-5-4-6-21-25-20(18-42-21)31-27(37)32-25/h8-9,19-21,25H,3-7,10-18H2,1-2H3,(H,28,33)(H,29,36)(H,30,34)(H2,31,32,37)/b9-8+/t19-,20-,21-,25-/m0/s1. The number of nitrogens with one attached hydrogen (secondary N) is 5. The topological polar surface area (TPSA) is 182 Å². The summed E-state index contributed by atoms with van der Waals surface area (Å²) in [6.07, 6.45) is 5.26. The van der Waals surface area contributed by atoms with Crippen LogP contribution in [0.15, 0.2) is 12.2 Å². The molecule has 0 unspecified atom stereocenters. The van der Waals surface area contributed by atoms with E-state index in [4.69, 9.17) is 14.2 Å². The molecule has 0 spiro atoms. The first-order valence-electron chi connectivity index (χ1n) is 14.4. The van der Waals surface area contributed by atoms with Crippen LogP contribution in [0.2, 0.25) is 0 Å². The van der Waals surface area contributed by atoms with Crippen LogP contribution in [-0.2, 0) is 38.1 Å². The average Bonchev–Trinajstić information content (AvgIpc) is 3.51. The molecule has 0 aromatic carbocycles. The maximum Gasteiger partial charge on any atom is 0.330 e. The molecule has 2 saturated heterocycles. The zero-order valence-corrected chi connectivity index (χ0v) is 25.3. The molecule has 5 amide bonds. The number of urea groups is 1. The Morgan fingerprint density at radius 1 is 0.952 bits per heavy atom. The first kappa shape index (κ1) is 35.3. The Bertz CT molecular complexity index is 907. The number of carbonyl (C=O) groups is 5. The first-order chi connectivity index (χ1) is 20.3. The molecule has 0 aromatic rings. The lowest BCUT2D eigenvalue weighted by molar-refractivity contribution is -0.137. The van der Waals surface area contributed by atoms with Crippen LogP contribution in [0, 0.1) is 0 Å². The highest BCUT2D eigenvalue weighted by Crippen LogP contribution is 2.33. The van der Waals surface area contributed by atoms with Gasteiger partial charge in [-0.15, -0.1) is 0 Å². The first-order valence-corrected chi connectivity index (χ1v) is 15.5. The van der Waals surface area contributed by atoms with Crippen LogP contribution in [0.25, 0.3) is 0 Å². The second-order valence-corrected chi connectivity index (χ2v) is 10.9. The normalized spacial score (nSPS) is 20.0. The molecule has 0 radical (unpaired) electrons. The SMILES string of the molecule is CCOC(=O)/C=C/C(=O)N[C@@H](C)C(=O)NCCOCCOCCOCCNC(=O)CCCC[C@@H]1SC[C@@H]2NC(=O)N[C@@H]21. The van der Waals surface area contributed by atoms with E-state index in [9.17, 15) is 24.0 Å². The van der Waals surface area contributed by atoms with Gasteiger partial charge in [0.25, 0.3) is 0 Å². The van der Waals surface area contributed by atoms with Crippen LogP contribution < -0.4 is 26.6 Å². The predicted molar refractivity (Wildman–Crippen MR) is 156 cm³/mol. The zero-order chi connectivity index (χ0) is 30.6. The quantitative estimate of drug-likeness (QED) is 0.0466. The molecule has 238 valence electrons. The third-order valence-electron chi connectivity index (χ3n) is 6.35. The minimum Gasteiger partial charge on any atom is -0.463 e. The number of thioether (sulfide) groups is 1. The summed E-state index contributed by atoms with van der Waals surface area (Å²) >= 11 is 1.88. The third kappa shape index (κ3) is 14.8. The highest BCUT2D eigenvalue weighted by Gasteiger charge is 2.42. The van der Waals surface area contributed by atoms with Gasteiger partial charge in [0.1, 0.15) is 6.04 Å². The van der Waals surface area contributed by atoms with Gasteiger partial charge in [-0.2, -0.15) is 11.8 Å². The van der Waals surface area contributed by atoms with E-state index in [1.165, 1.54) is 6.92 Å². The van der Waals surface area contributed by atoms with E-state index in [-0.39, 0.29) is 49.7 Å². The second-order valence-electron chi connectivity index (χ2n) is 9.66. The summed E-state index contributed by atoms with van der Waals surface area (Å²) in [5, 5.41) is 14.3. The van der Waals surface area contributed by atoms with E-state index in [1.807, 2.05) is 11.8 Å². The van der Waals surface area contributed by atoms with Crippen molar-refractivity contribution >= 4 is 41.5 Å². The maximum absolute atomic E-state index is 12.0. The molecule has 14 nitrogen and oxygen atoms in total. The zero-order valence-electron chi connectivity index (χ0n) is 24.4. The molecule has 2 aliphatic heterocycles. The Morgan fingerprint density at radius 3 is 2.31 bits per heavy atom. The van der Waals surface area contributed by atoms with Crippen molar-refractivity contribution in [2.45, 2.75) is 62.9 Å². The van der Waals surface area contributed by atoms with Crippen molar-refractivity contribution in [3.63, 3.8) is 0 Å². The van der Waals surface area contributed by atoms with Gasteiger partial charge in [-0.05, 0) is 26.7 Å². The van der Waals surface area contributed by atoms with Crippen LogP contribution in [0.1, 0.15) is 39.5 Å². The minimum absolute atomic E-state index is 0.0124. The van der Waals surface area contributed by atoms with Crippen LogP contribution in [0.4, 0.5) is 4.79 Å². The number of hydrogen-bond acceptors (Lipinski definition) is 10. The molecule has 0 aromatic heterocycles. The van der Waals surface area contributed by atoms with Crippen molar-refractivity contribution in [2.75, 3.05) is 65.1 Å². The Balaban J connectivity index is 1.32. The smallest absolute Gasteiger partial charge is 0.330 e. The molecular weight excluding hydrogens is 570 g/mol. The summed E-state index contributed by atoms with van der Waals surface area (Å²) in [7, 11) is 0. The van der Waals surface area contributed by atoms with Gasteiger partial charge in [0.05, 0.1) is 58.3 Å². The van der Waals surface area contributed by atoms with Crippen molar-refractivity contribution in [1.29, 1.82) is 0 Å². The van der Waals surface area contributed by atoms with Crippen LogP contribution in [0.3, 0.4) is 0 Å². The second kappa shape index (κ2) is 20.9. The lowest BCUT2D eigenvalue weighted by Crippen LogP contribution is -2.45. The summed E-state index contributed by atoms with van der Waals surface area (Å²) in [6, 6.07) is -0.417. The third-order valence-corrected chi connectivity index (χ3v) is 7.86. The lowest BCUT2D eigenvalue weighted by atomic mass is 10.0. The molecule has 2 heterocycles. The average molecular weight is 616 g/mol. The van der Waals surface area contributed by atoms with E-state index in [0.29, 0.717) is 51.2 Å². The molecule has 2 fully saturated rings. The number of rotatable bonds is 22. The lowest BCUT2D eigenvalue weighted by Gasteiger charge is -2.16. The Labute approximate surface area is 251 Å². The molecule has 42 heavy (non-hydrogen) atoms. The van der Waals surface area contributed by atoms with Gasteiger partial charge in [0, 0.05) is 42.7 Å². The van der Waals surface area contributed by atoms with E-state index in [1.54, 1.807) is 6.92 Å². The van der Waals surface area contributed by atoms with Crippen molar-refractivity contribution in [1.82, 2.24) is 26.6 Å². The van der Waals surface area contributed by atoms with E-state index in [2.05, 4.69) is 31.3 Å². The van der Waals surface area contributed by atoms with Crippen molar-refractivity contribution in [3.05, 3.63) is 12.2 Å². The fraction of sp³-hybridized carbons (Fsp3) is 0.741. The fourth-order valence-corrected chi connectivity index (χ4v) is 5.77. The molecule has 5 N–H and O–H groups in total. The Morgan fingerprint density at radius 2 is 1.62 bits per heavy atom. The number of carbonyl (C=O) groups excluding carboxylic acids is 5. The fourth-order valence-electron chi connectivity index (χ4n) is 4.23. The molecular formula is C27H45N5O9S. The highest BCUT2D eigenvalue weighted by atomic mass is 32.2. The molecule has 2 rings (SSSR count). The largest absolute Gasteiger partial charge is 0.463 e. The molecule has 2 aliphatic rings. The number of ether oxygens (including phenoxy) is 4. The molecule has 0 aliphatic carbocycles. The van der Waals surface area contributed by atoms with Gasteiger partial charge < -0.3 is 45.5 Å². The van der Waals surface area contributed by atoms with E-state index >= 15 is 0 Å². The monoisotopic (exact) mass is 615 g/mol. The molecule has 0 bridgehead atoms.